The van der Waals surface area contributed by atoms with Crippen LogP contribution in [0, 0.1) is 25.2 Å². The monoisotopic (exact) mass is 309 g/mol. The van der Waals surface area contributed by atoms with Crippen LogP contribution in [-0.4, -0.2) is 39.5 Å². The predicted octanol–water partition coefficient (Wildman–Crippen LogP) is 1.84. The SMILES string of the molecule is Cc1nnc(NCC2CCCN2c2cccnn2)c(C#N)c1C. The van der Waals surface area contributed by atoms with Crippen molar-refractivity contribution >= 4 is 11.6 Å². The molecular formula is C16H19N7. The van der Waals surface area contributed by atoms with Crippen LogP contribution in [0.5, 0.6) is 0 Å². The van der Waals surface area contributed by atoms with Gasteiger partial charge in [0.25, 0.3) is 0 Å². The molecule has 0 radical (unpaired) electrons. The lowest BCUT2D eigenvalue weighted by Crippen LogP contribution is -2.36. The second-order valence-electron chi connectivity index (χ2n) is 5.70. The summed E-state index contributed by atoms with van der Waals surface area (Å²) in [6, 6.07) is 6.40. The van der Waals surface area contributed by atoms with Gasteiger partial charge in [-0.15, -0.1) is 10.2 Å². The van der Waals surface area contributed by atoms with E-state index < -0.39 is 0 Å². The van der Waals surface area contributed by atoms with Gasteiger partial charge in [-0.3, -0.25) is 0 Å². The van der Waals surface area contributed by atoms with Crippen LogP contribution >= 0.6 is 0 Å². The van der Waals surface area contributed by atoms with Gasteiger partial charge < -0.3 is 10.2 Å². The number of hydrogen-bond donors (Lipinski definition) is 1. The maximum atomic E-state index is 9.36. The zero-order valence-corrected chi connectivity index (χ0v) is 13.3. The molecule has 1 N–H and O–H groups in total. The molecule has 118 valence electrons. The third kappa shape index (κ3) is 3.06. The maximum absolute atomic E-state index is 9.36. The first kappa shape index (κ1) is 15.2. The molecule has 7 nitrogen and oxygen atoms in total. The Hall–Kier alpha value is -2.75. The number of nitriles is 1. The molecule has 0 bridgehead atoms. The molecule has 1 saturated heterocycles. The van der Waals surface area contributed by atoms with Gasteiger partial charge in [0.2, 0.25) is 0 Å². The van der Waals surface area contributed by atoms with Gasteiger partial charge in [0.15, 0.2) is 11.6 Å². The molecule has 0 saturated carbocycles. The van der Waals surface area contributed by atoms with E-state index in [1.165, 1.54) is 0 Å². The van der Waals surface area contributed by atoms with Crippen molar-refractivity contribution in [2.45, 2.75) is 32.7 Å². The molecule has 0 amide bonds. The summed E-state index contributed by atoms with van der Waals surface area (Å²) in [6.07, 6.45) is 3.87. The second kappa shape index (κ2) is 6.57. The largest absolute Gasteiger partial charge is 0.365 e. The highest BCUT2D eigenvalue weighted by Gasteiger charge is 2.26. The number of nitrogens with zero attached hydrogens (tertiary/aromatic N) is 6. The quantitative estimate of drug-likeness (QED) is 0.921. The van der Waals surface area contributed by atoms with Crippen molar-refractivity contribution in [1.82, 2.24) is 20.4 Å². The topological polar surface area (TPSA) is 90.6 Å². The minimum Gasteiger partial charge on any atom is -0.365 e. The first-order chi connectivity index (χ1) is 11.2. The first-order valence-electron chi connectivity index (χ1n) is 7.73. The number of anilines is 2. The van der Waals surface area contributed by atoms with E-state index in [0.29, 0.717) is 24.0 Å². The van der Waals surface area contributed by atoms with Crippen LogP contribution in [0.2, 0.25) is 0 Å². The average molecular weight is 309 g/mol. The van der Waals surface area contributed by atoms with E-state index in [-0.39, 0.29) is 0 Å². The Morgan fingerprint density at radius 2 is 2.22 bits per heavy atom. The van der Waals surface area contributed by atoms with Crippen molar-refractivity contribution in [2.24, 2.45) is 0 Å². The van der Waals surface area contributed by atoms with Gasteiger partial charge in [-0.1, -0.05) is 0 Å². The van der Waals surface area contributed by atoms with E-state index >= 15 is 0 Å². The molecule has 1 aliphatic rings. The molecule has 2 aromatic heterocycles. The van der Waals surface area contributed by atoms with Crippen molar-refractivity contribution in [3.63, 3.8) is 0 Å². The van der Waals surface area contributed by atoms with Crippen molar-refractivity contribution in [1.29, 1.82) is 5.26 Å². The summed E-state index contributed by atoms with van der Waals surface area (Å²) in [6.45, 7) is 5.42. The minimum atomic E-state index is 0.307. The Labute approximate surface area is 135 Å². The second-order valence-corrected chi connectivity index (χ2v) is 5.70. The van der Waals surface area contributed by atoms with Gasteiger partial charge in [-0.05, 0) is 44.4 Å². The van der Waals surface area contributed by atoms with E-state index in [9.17, 15) is 5.26 Å². The van der Waals surface area contributed by atoms with E-state index in [2.05, 4.69) is 36.7 Å². The summed E-state index contributed by atoms with van der Waals surface area (Å²) in [7, 11) is 0. The zero-order valence-electron chi connectivity index (χ0n) is 13.3. The van der Waals surface area contributed by atoms with Crippen LogP contribution in [0.1, 0.15) is 29.7 Å². The van der Waals surface area contributed by atoms with Gasteiger partial charge >= 0.3 is 0 Å². The lowest BCUT2D eigenvalue weighted by molar-refractivity contribution is 0.683. The Morgan fingerprint density at radius 3 is 2.96 bits per heavy atom. The highest BCUT2D eigenvalue weighted by atomic mass is 15.3. The predicted molar refractivity (Wildman–Crippen MR) is 87.1 cm³/mol. The fourth-order valence-corrected chi connectivity index (χ4v) is 2.88. The zero-order chi connectivity index (χ0) is 16.2. The molecule has 23 heavy (non-hydrogen) atoms. The van der Waals surface area contributed by atoms with Gasteiger partial charge in [-0.25, -0.2) is 0 Å². The normalized spacial score (nSPS) is 17.1. The molecule has 3 rings (SSSR count). The summed E-state index contributed by atoms with van der Waals surface area (Å²) in [5.41, 5.74) is 2.23. The fourth-order valence-electron chi connectivity index (χ4n) is 2.88. The number of nitrogens with one attached hydrogen (secondary N) is 1. The van der Waals surface area contributed by atoms with E-state index in [4.69, 9.17) is 0 Å². The Morgan fingerprint density at radius 1 is 1.35 bits per heavy atom. The number of aromatic nitrogens is 4. The summed E-state index contributed by atoms with van der Waals surface area (Å²) in [4.78, 5) is 2.25. The molecule has 0 aliphatic carbocycles. The van der Waals surface area contributed by atoms with Gasteiger partial charge in [0, 0.05) is 25.3 Å². The third-order valence-electron chi connectivity index (χ3n) is 4.30. The Balaban J connectivity index is 1.74. The van der Waals surface area contributed by atoms with Crippen molar-refractivity contribution in [3.05, 3.63) is 35.2 Å². The lowest BCUT2D eigenvalue weighted by Gasteiger charge is -2.25. The highest BCUT2D eigenvalue weighted by molar-refractivity contribution is 5.56. The number of rotatable bonds is 4. The summed E-state index contributed by atoms with van der Waals surface area (Å²) < 4.78 is 0. The van der Waals surface area contributed by atoms with Crippen LogP contribution in [0.3, 0.4) is 0 Å². The van der Waals surface area contributed by atoms with Crippen LogP contribution < -0.4 is 10.2 Å². The van der Waals surface area contributed by atoms with Crippen LogP contribution in [0.15, 0.2) is 18.3 Å². The molecule has 1 atom stereocenters. The molecule has 1 fully saturated rings. The molecule has 0 aromatic carbocycles. The summed E-state index contributed by atoms with van der Waals surface area (Å²) >= 11 is 0. The van der Waals surface area contributed by atoms with E-state index in [1.807, 2.05) is 26.0 Å². The smallest absolute Gasteiger partial charge is 0.167 e. The summed E-state index contributed by atoms with van der Waals surface area (Å²) in [5, 5.41) is 29.0. The van der Waals surface area contributed by atoms with Crippen molar-refractivity contribution < 1.29 is 0 Å². The highest BCUT2D eigenvalue weighted by Crippen LogP contribution is 2.24. The number of hydrogen-bond acceptors (Lipinski definition) is 7. The molecule has 3 heterocycles. The average Bonchev–Trinajstić information content (AvgIpc) is 3.05. The molecule has 2 aromatic rings. The fraction of sp³-hybridized carbons (Fsp3) is 0.438. The number of aryl methyl sites for hydroxylation is 1. The maximum Gasteiger partial charge on any atom is 0.167 e. The lowest BCUT2D eigenvalue weighted by atomic mass is 10.1. The Kier molecular flexibility index (Phi) is 4.33. The standard InChI is InChI=1S/C16H19N7/c1-11-12(2)20-22-16(14(11)9-17)18-10-13-5-4-8-23(13)15-6-3-7-19-21-15/h3,6-7,13H,4-5,8,10H2,1-2H3,(H,18,22). The molecule has 1 aliphatic heterocycles. The van der Waals surface area contributed by atoms with Gasteiger partial charge in [0.1, 0.15) is 11.6 Å². The van der Waals surface area contributed by atoms with E-state index in [0.717, 1.165) is 36.5 Å². The molecular weight excluding hydrogens is 290 g/mol. The van der Waals surface area contributed by atoms with E-state index in [1.54, 1.807) is 6.20 Å². The molecule has 7 heteroatoms. The molecule has 0 spiro atoms. The van der Waals surface area contributed by atoms with Gasteiger partial charge in [0.05, 0.1) is 5.69 Å². The van der Waals surface area contributed by atoms with Crippen molar-refractivity contribution in [2.75, 3.05) is 23.3 Å². The van der Waals surface area contributed by atoms with Crippen LogP contribution in [-0.2, 0) is 0 Å². The minimum absolute atomic E-state index is 0.307. The van der Waals surface area contributed by atoms with Crippen molar-refractivity contribution in [3.8, 4) is 6.07 Å². The Bertz CT molecular complexity index is 723. The summed E-state index contributed by atoms with van der Waals surface area (Å²) in [5.74, 6) is 1.45. The van der Waals surface area contributed by atoms with Crippen LogP contribution in [0.4, 0.5) is 11.6 Å². The van der Waals surface area contributed by atoms with Crippen LogP contribution in [0.25, 0.3) is 0 Å². The third-order valence-corrected chi connectivity index (χ3v) is 4.30. The molecule has 1 unspecified atom stereocenters. The van der Waals surface area contributed by atoms with Gasteiger partial charge in [-0.2, -0.15) is 15.5 Å². The first-order valence-corrected chi connectivity index (χ1v) is 7.73.